The fraction of sp³-hybridized carbons (Fsp3) is 0.507. The van der Waals surface area contributed by atoms with Crippen molar-refractivity contribution in [2.24, 2.45) is 17.8 Å². The van der Waals surface area contributed by atoms with E-state index in [4.69, 9.17) is 0 Å². The van der Waals surface area contributed by atoms with Gasteiger partial charge in [-0.25, -0.2) is 9.59 Å². The minimum Gasteiger partial charge on any atom is -0.343 e. The largest absolute Gasteiger partial charge is 0.343 e. The number of urea groups is 2. The zero-order chi connectivity index (χ0) is 59.5. The summed E-state index contributed by atoms with van der Waals surface area (Å²) in [7, 11) is 4.04. The zero-order valence-corrected chi connectivity index (χ0v) is 51.6. The molecule has 3 aliphatic carbocycles. The molecule has 0 spiro atoms. The monoisotopic (exact) mass is 1150 g/mol. The summed E-state index contributed by atoms with van der Waals surface area (Å²) in [6.07, 6.45) is 16.7. The Kier molecular flexibility index (Phi) is 23.3. The van der Waals surface area contributed by atoms with E-state index in [1.807, 2.05) is 71.5 Å². The van der Waals surface area contributed by atoms with Crippen molar-refractivity contribution in [3.05, 3.63) is 192 Å². The van der Waals surface area contributed by atoms with Crippen LogP contribution in [0.4, 0.5) is 9.59 Å². The highest BCUT2D eigenvalue weighted by Crippen LogP contribution is 2.44. The molecule has 6 atom stereocenters. The summed E-state index contributed by atoms with van der Waals surface area (Å²) in [6, 6.07) is 50.9. The van der Waals surface area contributed by atoms with Crippen LogP contribution in [-0.4, -0.2) is 144 Å². The van der Waals surface area contributed by atoms with Gasteiger partial charge in [-0.2, -0.15) is 0 Å². The first kappa shape index (κ1) is 62.8. The summed E-state index contributed by atoms with van der Waals surface area (Å²) in [5.41, 5.74) is 6.98. The Morgan fingerprint density at radius 3 is 1.47 bits per heavy atom. The third-order valence-corrected chi connectivity index (χ3v) is 19.7. The van der Waals surface area contributed by atoms with Crippen LogP contribution in [0, 0.1) is 24.7 Å². The van der Waals surface area contributed by atoms with Crippen LogP contribution >= 0.6 is 0 Å². The summed E-state index contributed by atoms with van der Waals surface area (Å²) >= 11 is 0. The second-order valence-corrected chi connectivity index (χ2v) is 25.4. The Hall–Kier alpha value is -6.76. The molecule has 2 heterocycles. The van der Waals surface area contributed by atoms with Crippen LogP contribution in [0.2, 0.25) is 0 Å². The summed E-state index contributed by atoms with van der Waals surface area (Å²) < 4.78 is 0. The van der Waals surface area contributed by atoms with Crippen LogP contribution < -0.4 is 10.6 Å². The summed E-state index contributed by atoms with van der Waals surface area (Å²) in [4.78, 5) is 66.5. The van der Waals surface area contributed by atoms with E-state index in [-0.39, 0.29) is 42.0 Å². The molecule has 454 valence electrons. The highest BCUT2D eigenvalue weighted by atomic mass is 16.2. The molecule has 0 radical (unpaired) electrons. The number of piperidine rings is 2. The van der Waals surface area contributed by atoms with Gasteiger partial charge in [-0.05, 0) is 136 Å². The minimum atomic E-state index is -0.0205. The quantitative estimate of drug-likeness (QED) is 0.0751. The van der Waals surface area contributed by atoms with E-state index < -0.39 is 0 Å². The zero-order valence-electron chi connectivity index (χ0n) is 51.6. The number of hydrogen-bond donors (Lipinski definition) is 2. The number of nitrogens with one attached hydrogen (secondary N) is 2. The van der Waals surface area contributed by atoms with Crippen molar-refractivity contribution >= 4 is 23.9 Å². The topological polar surface area (TPSA) is 112 Å². The van der Waals surface area contributed by atoms with Gasteiger partial charge in [0.2, 0.25) is 5.91 Å². The van der Waals surface area contributed by atoms with E-state index in [0.717, 1.165) is 133 Å². The molecule has 2 aliphatic heterocycles. The Balaban J connectivity index is 0.000000204. The Morgan fingerprint density at radius 1 is 0.529 bits per heavy atom. The highest BCUT2D eigenvalue weighted by molar-refractivity contribution is 5.94. The van der Waals surface area contributed by atoms with E-state index in [0.29, 0.717) is 55.3 Å². The van der Waals surface area contributed by atoms with E-state index in [9.17, 15) is 19.2 Å². The van der Waals surface area contributed by atoms with Crippen molar-refractivity contribution in [2.45, 2.75) is 153 Å². The number of likely N-dealkylation sites (tertiary alicyclic amines) is 2. The summed E-state index contributed by atoms with van der Waals surface area (Å²) in [6.45, 7) is 16.6. The van der Waals surface area contributed by atoms with Crippen LogP contribution in [0.15, 0.2) is 158 Å². The number of aryl methyl sites for hydroxylation is 1. The molecule has 2 unspecified atom stereocenters. The normalized spacial score (nSPS) is 22.4. The molecule has 2 N–H and O–H groups in total. The summed E-state index contributed by atoms with van der Waals surface area (Å²) in [5, 5.41) is 6.29. The van der Waals surface area contributed by atoms with Gasteiger partial charge >= 0.3 is 12.1 Å². The number of carbonyl (C=O) groups excluding carboxylic acids is 4. The van der Waals surface area contributed by atoms with Crippen LogP contribution in [0.1, 0.15) is 147 Å². The first-order valence-electron chi connectivity index (χ1n) is 32.4. The number of nitrogens with zero attached hydrogens (tertiary/aromatic N) is 6. The molecule has 5 aromatic rings. The molecule has 10 rings (SSSR count). The number of hydrogen-bond acceptors (Lipinski definition) is 6. The van der Waals surface area contributed by atoms with Gasteiger partial charge in [-0.1, -0.05) is 171 Å². The molecule has 0 bridgehead atoms. The predicted octanol–water partition coefficient (Wildman–Crippen LogP) is 13.2. The van der Waals surface area contributed by atoms with Gasteiger partial charge in [-0.3, -0.25) is 9.59 Å². The van der Waals surface area contributed by atoms with Crippen molar-refractivity contribution < 1.29 is 19.2 Å². The molecule has 85 heavy (non-hydrogen) atoms. The second-order valence-electron chi connectivity index (χ2n) is 25.4. The third-order valence-electron chi connectivity index (χ3n) is 19.7. The lowest BCUT2D eigenvalue weighted by atomic mass is 9.88. The fourth-order valence-corrected chi connectivity index (χ4v) is 14.8. The molecular formula is C73H98N8O4. The second kappa shape index (κ2) is 31.6. The average molecular weight is 1150 g/mol. The van der Waals surface area contributed by atoms with Gasteiger partial charge in [0, 0.05) is 115 Å². The molecule has 5 aliphatic rings. The van der Waals surface area contributed by atoms with Crippen LogP contribution in [0.5, 0.6) is 0 Å². The number of rotatable bonds is 20. The van der Waals surface area contributed by atoms with E-state index in [1.54, 1.807) is 0 Å². The third kappa shape index (κ3) is 17.2. The van der Waals surface area contributed by atoms with E-state index in [1.165, 1.54) is 36.0 Å². The van der Waals surface area contributed by atoms with Crippen molar-refractivity contribution in [1.82, 2.24) is 40.0 Å². The number of carbonyl (C=O) groups is 4. The van der Waals surface area contributed by atoms with Gasteiger partial charge in [-0.15, -0.1) is 6.58 Å². The first-order chi connectivity index (χ1) is 41.5. The van der Waals surface area contributed by atoms with Crippen LogP contribution in [0.3, 0.4) is 0 Å². The first-order valence-corrected chi connectivity index (χ1v) is 32.4. The number of benzene rings is 5. The average Bonchev–Trinajstić information content (AvgIpc) is 4.20. The maximum atomic E-state index is 13.4. The van der Waals surface area contributed by atoms with Gasteiger partial charge in [0.05, 0.1) is 0 Å². The Morgan fingerprint density at radius 2 is 0.976 bits per heavy atom. The van der Waals surface area contributed by atoms with E-state index >= 15 is 0 Å². The van der Waals surface area contributed by atoms with Gasteiger partial charge in [0.15, 0.2) is 0 Å². The fourth-order valence-electron chi connectivity index (χ4n) is 14.8. The lowest BCUT2D eigenvalue weighted by Crippen LogP contribution is -2.51. The maximum Gasteiger partial charge on any atom is 0.318 e. The number of amides is 6. The van der Waals surface area contributed by atoms with Crippen molar-refractivity contribution in [2.75, 3.05) is 66.5 Å². The maximum absolute atomic E-state index is 13.4. The predicted molar refractivity (Wildman–Crippen MR) is 344 cm³/mol. The van der Waals surface area contributed by atoms with E-state index in [2.05, 4.69) is 155 Å². The lowest BCUT2D eigenvalue weighted by Gasteiger charge is -2.40. The molecule has 12 nitrogen and oxygen atoms in total. The van der Waals surface area contributed by atoms with Crippen molar-refractivity contribution in [1.29, 1.82) is 0 Å². The van der Waals surface area contributed by atoms with Gasteiger partial charge in [0.25, 0.3) is 5.91 Å². The Bertz CT molecular complexity index is 2840. The molecule has 0 aromatic heterocycles. The van der Waals surface area contributed by atoms with Crippen molar-refractivity contribution in [3.63, 3.8) is 0 Å². The SMILES string of the molecule is C=CCN(C(=O)NCc1ccc(C)cc1)C1CCN(C[C@H]2CC(N(C)C(=O)c3ccccc3)C[C@@H]2c2ccccc2)CC1.CCCN(C(=O)NCc1ccccc1)C1CCN(C[C@H]2CC(N(C)C(=O)C3CCCCC3)C[C@@H]2c2ccccc2)CC1. The Labute approximate surface area is 509 Å². The van der Waals surface area contributed by atoms with Crippen LogP contribution in [0.25, 0.3) is 0 Å². The van der Waals surface area contributed by atoms with Crippen molar-refractivity contribution in [3.8, 4) is 0 Å². The van der Waals surface area contributed by atoms with Gasteiger partial charge < -0.3 is 40.0 Å². The molecule has 12 heteroatoms. The van der Waals surface area contributed by atoms with Crippen LogP contribution in [-0.2, 0) is 17.9 Å². The summed E-state index contributed by atoms with van der Waals surface area (Å²) in [5.74, 6) is 2.62. The lowest BCUT2D eigenvalue weighted by molar-refractivity contribution is -0.137. The van der Waals surface area contributed by atoms with Gasteiger partial charge in [0.1, 0.15) is 0 Å². The smallest absolute Gasteiger partial charge is 0.318 e. The molecule has 3 saturated carbocycles. The minimum absolute atomic E-state index is 0.0205. The molecular weight excluding hydrogens is 1050 g/mol. The molecule has 5 fully saturated rings. The highest BCUT2D eigenvalue weighted by Gasteiger charge is 2.42. The molecule has 5 aromatic carbocycles. The standard InChI is InChI=1S/C37H46N4O2.C36H52N4O2/c1-4-21-41(37(43)38-26-29-17-15-28(2)16-18-29)33-19-22-40(23-20-33)27-32-24-34(25-35(32)30-11-7-5-8-12-30)39(3)36(42)31-13-9-6-10-14-31;1-3-21-40(36(42)37-26-28-13-7-4-8-14-28)32-19-22-39(23-20-32)27-31-24-33(25-34(31)29-15-9-5-10-16-29)38(2)35(41)30-17-11-6-12-18-30/h4-18,32-35H,1,19-27H2,2-3H3,(H,38,43);4-5,7-10,13-16,30-34H,3,6,11-12,17-27H2,1-2H3,(H,37,42)/t32-,34?,35-;31-,33?,34-/m11/s1. The molecule has 2 saturated heterocycles. The molecule has 6 amide bonds.